The van der Waals surface area contributed by atoms with Crippen LogP contribution in [0.2, 0.25) is 0 Å². The van der Waals surface area contributed by atoms with E-state index in [2.05, 4.69) is 0 Å². The number of hydrogen-bond donors (Lipinski definition) is 0. The Labute approximate surface area is 68.9 Å². The molecule has 6 heteroatoms. The normalized spacial score (nSPS) is 32.2. The van der Waals surface area contributed by atoms with Crippen LogP contribution in [0.1, 0.15) is 6.42 Å². The SMILES string of the molecule is N#CC1CS(=O)(=O)CCC1(F)F. The maximum atomic E-state index is 12.7. The van der Waals surface area contributed by atoms with Crippen LogP contribution in [0.5, 0.6) is 0 Å². The minimum absolute atomic E-state index is 0.516. The van der Waals surface area contributed by atoms with E-state index < -0.39 is 39.6 Å². The molecule has 1 aliphatic heterocycles. The second-order valence-corrected chi connectivity index (χ2v) is 5.04. The Balaban J connectivity index is 2.90. The summed E-state index contributed by atoms with van der Waals surface area (Å²) >= 11 is 0. The fourth-order valence-corrected chi connectivity index (χ4v) is 2.63. The monoisotopic (exact) mass is 195 g/mol. The molecule has 1 heterocycles. The van der Waals surface area contributed by atoms with Crippen LogP contribution in [-0.4, -0.2) is 25.8 Å². The molecule has 12 heavy (non-hydrogen) atoms. The Morgan fingerprint density at radius 3 is 2.50 bits per heavy atom. The van der Waals surface area contributed by atoms with Gasteiger partial charge in [0.25, 0.3) is 5.92 Å². The van der Waals surface area contributed by atoms with Crippen molar-refractivity contribution in [2.75, 3.05) is 11.5 Å². The van der Waals surface area contributed by atoms with Crippen molar-refractivity contribution in [1.82, 2.24) is 0 Å². The molecule has 3 nitrogen and oxygen atoms in total. The number of alkyl halides is 2. The third-order valence-electron chi connectivity index (χ3n) is 1.83. The molecule has 0 aromatic carbocycles. The van der Waals surface area contributed by atoms with E-state index in [1.54, 1.807) is 0 Å². The molecule has 0 amide bonds. The summed E-state index contributed by atoms with van der Waals surface area (Å²) in [6, 6.07) is 1.32. The lowest BCUT2D eigenvalue weighted by Gasteiger charge is -2.25. The molecule has 0 aromatic rings. The largest absolute Gasteiger partial charge is 0.265 e. The maximum Gasteiger partial charge on any atom is 0.265 e. The van der Waals surface area contributed by atoms with E-state index >= 15 is 0 Å². The highest BCUT2D eigenvalue weighted by Crippen LogP contribution is 2.33. The number of nitrogens with zero attached hydrogens (tertiary/aromatic N) is 1. The van der Waals surface area contributed by atoms with Gasteiger partial charge in [-0.25, -0.2) is 17.2 Å². The van der Waals surface area contributed by atoms with E-state index in [0.29, 0.717) is 0 Å². The predicted molar refractivity (Wildman–Crippen MR) is 37.3 cm³/mol. The Bertz CT molecular complexity index is 317. The summed E-state index contributed by atoms with van der Waals surface area (Å²) in [4.78, 5) is 0. The van der Waals surface area contributed by atoms with Crippen LogP contribution in [0.15, 0.2) is 0 Å². The molecule has 1 fully saturated rings. The van der Waals surface area contributed by atoms with Gasteiger partial charge in [0.2, 0.25) is 0 Å². The molecule has 1 atom stereocenters. The molecule has 1 unspecified atom stereocenters. The number of rotatable bonds is 0. The van der Waals surface area contributed by atoms with Crippen LogP contribution in [-0.2, 0) is 9.84 Å². The van der Waals surface area contributed by atoms with Crippen LogP contribution in [0.4, 0.5) is 8.78 Å². The van der Waals surface area contributed by atoms with Crippen LogP contribution < -0.4 is 0 Å². The van der Waals surface area contributed by atoms with Gasteiger partial charge < -0.3 is 0 Å². The Kier molecular flexibility index (Phi) is 2.08. The van der Waals surface area contributed by atoms with E-state index in [0.717, 1.165) is 0 Å². The number of hydrogen-bond acceptors (Lipinski definition) is 3. The zero-order chi connectivity index (χ0) is 9.41. The van der Waals surface area contributed by atoms with Crippen molar-refractivity contribution in [2.24, 2.45) is 5.92 Å². The zero-order valence-corrected chi connectivity index (χ0v) is 6.94. The van der Waals surface area contributed by atoms with E-state index in [-0.39, 0.29) is 0 Å². The average Bonchev–Trinajstić information content (AvgIpc) is 1.95. The fraction of sp³-hybridized carbons (Fsp3) is 0.833. The minimum Gasteiger partial charge on any atom is -0.229 e. The van der Waals surface area contributed by atoms with Crippen molar-refractivity contribution in [3.05, 3.63) is 0 Å². The molecule has 0 radical (unpaired) electrons. The minimum atomic E-state index is -3.42. The van der Waals surface area contributed by atoms with Gasteiger partial charge in [-0.05, 0) is 0 Å². The average molecular weight is 195 g/mol. The lowest BCUT2D eigenvalue weighted by Crippen LogP contribution is -2.40. The maximum absolute atomic E-state index is 12.7. The molecular weight excluding hydrogens is 188 g/mol. The molecule has 0 aromatic heterocycles. The van der Waals surface area contributed by atoms with Crippen LogP contribution >= 0.6 is 0 Å². The van der Waals surface area contributed by atoms with Gasteiger partial charge in [0.05, 0.1) is 17.6 Å². The quantitative estimate of drug-likeness (QED) is 0.568. The second kappa shape index (κ2) is 2.66. The van der Waals surface area contributed by atoms with Gasteiger partial charge in [0.15, 0.2) is 9.84 Å². The van der Waals surface area contributed by atoms with E-state index in [4.69, 9.17) is 5.26 Å². The van der Waals surface area contributed by atoms with Crippen molar-refractivity contribution in [3.63, 3.8) is 0 Å². The predicted octanol–water partition coefficient (Wildman–Crippen LogP) is 0.580. The van der Waals surface area contributed by atoms with Gasteiger partial charge in [-0.15, -0.1) is 0 Å². The first-order chi connectivity index (χ1) is 5.37. The molecule has 0 aliphatic carbocycles. The summed E-state index contributed by atoms with van der Waals surface area (Å²) in [6.45, 7) is 0. The fourth-order valence-electron chi connectivity index (χ4n) is 1.06. The van der Waals surface area contributed by atoms with E-state index in [1.165, 1.54) is 6.07 Å². The lowest BCUT2D eigenvalue weighted by atomic mass is 10.0. The summed E-state index contributed by atoms with van der Waals surface area (Å²) in [5.74, 6) is -6.04. The van der Waals surface area contributed by atoms with E-state index in [1.807, 2.05) is 0 Å². The summed E-state index contributed by atoms with van der Waals surface area (Å²) in [5.41, 5.74) is 0. The molecule has 0 bridgehead atoms. The first-order valence-corrected chi connectivity index (χ1v) is 5.17. The highest BCUT2D eigenvalue weighted by Gasteiger charge is 2.46. The summed E-state index contributed by atoms with van der Waals surface area (Å²) in [6.07, 6.45) is -0.729. The molecule has 1 aliphatic rings. The van der Waals surface area contributed by atoms with Crippen LogP contribution in [0.3, 0.4) is 0 Å². The molecular formula is C6H7F2NO2S. The molecule has 1 rings (SSSR count). The standard InChI is InChI=1S/C6H7F2NO2S/c7-6(8)1-2-12(10,11)4-5(6)3-9/h5H,1-2,4H2. The van der Waals surface area contributed by atoms with Gasteiger partial charge in [-0.3, -0.25) is 0 Å². The van der Waals surface area contributed by atoms with Gasteiger partial charge in [0, 0.05) is 6.42 Å². The number of nitriles is 1. The van der Waals surface area contributed by atoms with Crippen molar-refractivity contribution in [3.8, 4) is 6.07 Å². The highest BCUT2D eigenvalue weighted by molar-refractivity contribution is 7.91. The third-order valence-corrected chi connectivity index (χ3v) is 3.50. The smallest absolute Gasteiger partial charge is 0.229 e. The third kappa shape index (κ3) is 1.72. The Morgan fingerprint density at radius 2 is 2.08 bits per heavy atom. The topological polar surface area (TPSA) is 57.9 Å². The van der Waals surface area contributed by atoms with E-state index in [9.17, 15) is 17.2 Å². The number of halogens is 2. The van der Waals surface area contributed by atoms with Crippen molar-refractivity contribution < 1.29 is 17.2 Å². The molecule has 1 saturated heterocycles. The van der Waals surface area contributed by atoms with Gasteiger partial charge >= 0.3 is 0 Å². The second-order valence-electron chi connectivity index (χ2n) is 2.81. The lowest BCUT2D eigenvalue weighted by molar-refractivity contribution is -0.0367. The summed E-state index contributed by atoms with van der Waals surface area (Å²) in [5, 5.41) is 8.26. The summed E-state index contributed by atoms with van der Waals surface area (Å²) in [7, 11) is -3.42. The zero-order valence-electron chi connectivity index (χ0n) is 6.13. The molecule has 0 spiro atoms. The first kappa shape index (κ1) is 9.39. The highest BCUT2D eigenvalue weighted by atomic mass is 32.2. The van der Waals surface area contributed by atoms with Crippen LogP contribution in [0.25, 0.3) is 0 Å². The number of sulfone groups is 1. The van der Waals surface area contributed by atoms with Gasteiger partial charge in [-0.2, -0.15) is 5.26 Å². The first-order valence-electron chi connectivity index (χ1n) is 3.35. The Morgan fingerprint density at radius 1 is 1.50 bits per heavy atom. The van der Waals surface area contributed by atoms with Crippen LogP contribution in [0, 0.1) is 17.2 Å². The Hall–Kier alpha value is -0.700. The van der Waals surface area contributed by atoms with Crippen molar-refractivity contribution in [2.45, 2.75) is 12.3 Å². The summed E-state index contributed by atoms with van der Waals surface area (Å²) < 4.78 is 47.1. The molecule has 68 valence electrons. The van der Waals surface area contributed by atoms with Crippen molar-refractivity contribution >= 4 is 9.84 Å². The molecule has 0 N–H and O–H groups in total. The van der Waals surface area contributed by atoms with Gasteiger partial charge in [-0.1, -0.05) is 0 Å². The molecule has 0 saturated carbocycles. The van der Waals surface area contributed by atoms with Crippen molar-refractivity contribution in [1.29, 1.82) is 5.26 Å². The van der Waals surface area contributed by atoms with Gasteiger partial charge in [0.1, 0.15) is 5.92 Å².